The fourth-order valence-electron chi connectivity index (χ4n) is 2.26. The Hall–Kier alpha value is -3.09. The van der Waals surface area contributed by atoms with Gasteiger partial charge in [0.25, 0.3) is 5.91 Å². The molecule has 26 heavy (non-hydrogen) atoms. The monoisotopic (exact) mass is 358 g/mol. The first kappa shape index (κ1) is 19.2. The average molecular weight is 358 g/mol. The molecule has 7 heteroatoms. The van der Waals surface area contributed by atoms with Crippen LogP contribution in [0.5, 0.6) is 5.75 Å². The van der Waals surface area contributed by atoms with Gasteiger partial charge < -0.3 is 20.7 Å². The van der Waals surface area contributed by atoms with E-state index < -0.39 is 0 Å². The van der Waals surface area contributed by atoms with Crippen LogP contribution in [0.4, 0.5) is 4.39 Å². The van der Waals surface area contributed by atoms with Crippen molar-refractivity contribution >= 4 is 11.9 Å². The Labute approximate surface area is 152 Å². The van der Waals surface area contributed by atoms with Gasteiger partial charge in [0, 0.05) is 37.8 Å². The first-order chi connectivity index (χ1) is 12.6. The van der Waals surface area contributed by atoms with Crippen molar-refractivity contribution in [1.29, 1.82) is 0 Å². The van der Waals surface area contributed by atoms with E-state index in [-0.39, 0.29) is 11.7 Å². The molecule has 0 unspecified atom stereocenters. The summed E-state index contributed by atoms with van der Waals surface area (Å²) in [5.74, 6) is 0.721. The van der Waals surface area contributed by atoms with E-state index in [2.05, 4.69) is 20.9 Å². The maximum absolute atomic E-state index is 13.6. The Morgan fingerprint density at radius 2 is 1.85 bits per heavy atom. The molecular formula is C19H23FN4O2. The van der Waals surface area contributed by atoms with Gasteiger partial charge in [0.2, 0.25) is 0 Å². The van der Waals surface area contributed by atoms with Crippen LogP contribution in [0.3, 0.4) is 0 Å². The molecule has 0 aromatic heterocycles. The Kier molecular flexibility index (Phi) is 7.42. The summed E-state index contributed by atoms with van der Waals surface area (Å²) >= 11 is 0. The molecule has 3 N–H and O–H groups in total. The Balaban J connectivity index is 1.73. The minimum absolute atomic E-state index is 0.181. The van der Waals surface area contributed by atoms with Gasteiger partial charge in [0.1, 0.15) is 11.6 Å². The Morgan fingerprint density at radius 1 is 1.08 bits per heavy atom. The Bertz CT molecular complexity index is 765. The second kappa shape index (κ2) is 10.0. The van der Waals surface area contributed by atoms with Crippen LogP contribution in [0.2, 0.25) is 0 Å². The van der Waals surface area contributed by atoms with Gasteiger partial charge in [-0.05, 0) is 24.3 Å². The van der Waals surface area contributed by atoms with Crippen molar-refractivity contribution in [1.82, 2.24) is 16.0 Å². The molecule has 0 aliphatic rings. The number of hydrogen-bond donors (Lipinski definition) is 3. The van der Waals surface area contributed by atoms with Crippen LogP contribution in [-0.4, -0.2) is 39.1 Å². The van der Waals surface area contributed by atoms with Crippen LogP contribution in [0.1, 0.15) is 15.9 Å². The zero-order chi connectivity index (χ0) is 18.8. The van der Waals surface area contributed by atoms with E-state index in [9.17, 15) is 9.18 Å². The van der Waals surface area contributed by atoms with Crippen molar-refractivity contribution in [2.45, 2.75) is 6.54 Å². The Morgan fingerprint density at radius 3 is 2.58 bits per heavy atom. The van der Waals surface area contributed by atoms with Gasteiger partial charge in [-0.1, -0.05) is 24.3 Å². The molecular weight excluding hydrogens is 335 g/mol. The number of methoxy groups -OCH3 is 1. The van der Waals surface area contributed by atoms with Gasteiger partial charge >= 0.3 is 0 Å². The van der Waals surface area contributed by atoms with Crippen LogP contribution in [0.25, 0.3) is 0 Å². The SMILES string of the molecule is CN=C(NCCNC(=O)c1cccc(OC)c1)NCc1ccccc1F. The summed E-state index contributed by atoms with van der Waals surface area (Å²) in [7, 11) is 3.19. The van der Waals surface area contributed by atoms with Crippen molar-refractivity contribution in [3.05, 3.63) is 65.5 Å². The van der Waals surface area contributed by atoms with E-state index in [4.69, 9.17) is 4.74 Å². The fourth-order valence-corrected chi connectivity index (χ4v) is 2.26. The molecule has 138 valence electrons. The number of carbonyl (C=O) groups is 1. The molecule has 0 atom stereocenters. The highest BCUT2D eigenvalue weighted by Crippen LogP contribution is 2.12. The minimum atomic E-state index is -0.263. The molecule has 6 nitrogen and oxygen atoms in total. The first-order valence-corrected chi connectivity index (χ1v) is 8.24. The topological polar surface area (TPSA) is 74.8 Å². The van der Waals surface area contributed by atoms with Crippen LogP contribution >= 0.6 is 0 Å². The lowest BCUT2D eigenvalue weighted by molar-refractivity contribution is 0.0954. The molecule has 2 aromatic carbocycles. The largest absolute Gasteiger partial charge is 0.497 e. The van der Waals surface area contributed by atoms with Crippen molar-refractivity contribution in [3.8, 4) is 5.75 Å². The van der Waals surface area contributed by atoms with Crippen LogP contribution in [-0.2, 0) is 6.54 Å². The molecule has 0 aliphatic heterocycles. The summed E-state index contributed by atoms with van der Waals surface area (Å²) in [6.07, 6.45) is 0. The second-order valence-electron chi connectivity index (χ2n) is 5.43. The lowest BCUT2D eigenvalue weighted by Crippen LogP contribution is -2.41. The highest BCUT2D eigenvalue weighted by atomic mass is 19.1. The van der Waals surface area contributed by atoms with Crippen LogP contribution < -0.4 is 20.7 Å². The van der Waals surface area contributed by atoms with Gasteiger partial charge in [0.15, 0.2) is 5.96 Å². The lowest BCUT2D eigenvalue weighted by atomic mass is 10.2. The number of rotatable bonds is 7. The van der Waals surface area contributed by atoms with Gasteiger partial charge in [-0.3, -0.25) is 9.79 Å². The molecule has 0 aliphatic carbocycles. The number of carbonyl (C=O) groups excluding carboxylic acids is 1. The predicted octanol–water partition coefficient (Wildman–Crippen LogP) is 1.93. The predicted molar refractivity (Wildman–Crippen MR) is 99.9 cm³/mol. The zero-order valence-electron chi connectivity index (χ0n) is 14.9. The van der Waals surface area contributed by atoms with Gasteiger partial charge in [-0.15, -0.1) is 0 Å². The van der Waals surface area contributed by atoms with Crippen molar-refractivity contribution < 1.29 is 13.9 Å². The maximum Gasteiger partial charge on any atom is 0.251 e. The summed E-state index contributed by atoms with van der Waals surface area (Å²) in [5.41, 5.74) is 1.09. The van der Waals surface area contributed by atoms with Gasteiger partial charge in [-0.25, -0.2) is 4.39 Å². The van der Waals surface area contributed by atoms with Crippen LogP contribution in [0, 0.1) is 5.82 Å². The van der Waals surface area contributed by atoms with Crippen molar-refractivity contribution in [2.24, 2.45) is 4.99 Å². The van der Waals surface area contributed by atoms with E-state index in [0.717, 1.165) is 0 Å². The van der Waals surface area contributed by atoms with Crippen LogP contribution in [0.15, 0.2) is 53.5 Å². The number of ether oxygens (including phenoxy) is 1. The number of hydrogen-bond acceptors (Lipinski definition) is 3. The number of nitrogens with zero attached hydrogens (tertiary/aromatic N) is 1. The molecule has 0 saturated carbocycles. The second-order valence-corrected chi connectivity index (χ2v) is 5.43. The highest BCUT2D eigenvalue weighted by molar-refractivity contribution is 5.94. The van der Waals surface area contributed by atoms with Crippen molar-refractivity contribution in [2.75, 3.05) is 27.2 Å². The first-order valence-electron chi connectivity index (χ1n) is 8.24. The average Bonchev–Trinajstić information content (AvgIpc) is 2.68. The number of aliphatic imine (C=N–C) groups is 1. The third kappa shape index (κ3) is 5.77. The van der Waals surface area contributed by atoms with Gasteiger partial charge in [0.05, 0.1) is 7.11 Å². The lowest BCUT2D eigenvalue weighted by Gasteiger charge is -2.13. The van der Waals surface area contributed by atoms with E-state index in [1.165, 1.54) is 6.07 Å². The third-order valence-electron chi connectivity index (χ3n) is 3.66. The quantitative estimate of drug-likeness (QED) is 0.402. The summed E-state index contributed by atoms with van der Waals surface area (Å²) in [4.78, 5) is 16.2. The minimum Gasteiger partial charge on any atom is -0.497 e. The number of benzene rings is 2. The smallest absolute Gasteiger partial charge is 0.251 e. The van der Waals surface area contributed by atoms with E-state index in [1.54, 1.807) is 56.6 Å². The molecule has 2 rings (SSSR count). The molecule has 0 bridgehead atoms. The summed E-state index contributed by atoms with van der Waals surface area (Å²) in [6.45, 7) is 1.21. The number of guanidine groups is 1. The molecule has 0 radical (unpaired) electrons. The van der Waals surface area contributed by atoms with E-state index in [1.807, 2.05) is 0 Å². The molecule has 0 spiro atoms. The zero-order valence-corrected chi connectivity index (χ0v) is 14.9. The van der Waals surface area contributed by atoms with Crippen molar-refractivity contribution in [3.63, 3.8) is 0 Å². The number of halogens is 1. The normalized spacial score (nSPS) is 11.0. The van der Waals surface area contributed by atoms with E-state index >= 15 is 0 Å². The summed E-state index contributed by atoms with van der Waals surface area (Å²) in [5, 5.41) is 8.91. The standard InChI is InChI=1S/C19H23FN4O2/c1-21-19(24-13-15-6-3-4-9-17(15)20)23-11-10-22-18(25)14-7-5-8-16(12-14)26-2/h3-9,12H,10-11,13H2,1-2H3,(H,22,25)(H2,21,23,24). The number of nitrogens with one attached hydrogen (secondary N) is 3. The fraction of sp³-hybridized carbons (Fsp3) is 0.263. The molecule has 1 amide bonds. The molecule has 0 heterocycles. The summed E-state index contributed by atoms with van der Waals surface area (Å²) in [6, 6.07) is 13.5. The summed E-state index contributed by atoms with van der Waals surface area (Å²) < 4.78 is 18.7. The maximum atomic E-state index is 13.6. The van der Waals surface area contributed by atoms with E-state index in [0.29, 0.717) is 42.5 Å². The molecule has 0 fully saturated rings. The highest BCUT2D eigenvalue weighted by Gasteiger charge is 2.06. The molecule has 2 aromatic rings. The molecule has 0 saturated heterocycles. The number of amides is 1. The third-order valence-corrected chi connectivity index (χ3v) is 3.66. The van der Waals surface area contributed by atoms with Gasteiger partial charge in [-0.2, -0.15) is 0 Å².